The molecule has 0 saturated heterocycles. The lowest BCUT2D eigenvalue weighted by atomic mass is 10.3. The molecule has 1 rings (SSSR count). The van der Waals surface area contributed by atoms with Crippen LogP contribution in [0, 0.1) is 15.9 Å². The van der Waals surface area contributed by atoms with E-state index in [1.54, 1.807) is 0 Å². The van der Waals surface area contributed by atoms with Crippen LogP contribution in [0.15, 0.2) is 18.2 Å². The van der Waals surface area contributed by atoms with E-state index < -0.39 is 35.0 Å². The van der Waals surface area contributed by atoms with Crippen molar-refractivity contribution < 1.29 is 27.2 Å². The third-order valence-corrected chi connectivity index (χ3v) is 1.47. The van der Waals surface area contributed by atoms with Crippen LogP contribution in [-0.2, 0) is 0 Å². The Morgan fingerprint density at radius 1 is 1.31 bits per heavy atom. The number of nitrogens with zero attached hydrogens (tertiary/aromatic N) is 1. The number of halogens is 4. The van der Waals surface area contributed by atoms with Gasteiger partial charge in [0.1, 0.15) is 11.6 Å². The predicted octanol–water partition coefficient (Wildman–Crippen LogP) is 2.68. The standard InChI is InChI=1S/C8H5F4NO3/c9-5-1-6(13(14)15)3-7(2-5)16-4-8(10,11)12/h1-3H,4H2. The van der Waals surface area contributed by atoms with Gasteiger partial charge in [0.25, 0.3) is 5.69 Å². The summed E-state index contributed by atoms with van der Waals surface area (Å²) in [5.41, 5.74) is -0.669. The first-order valence-electron chi connectivity index (χ1n) is 3.92. The molecule has 1 aromatic carbocycles. The fourth-order valence-electron chi connectivity index (χ4n) is 0.902. The van der Waals surface area contributed by atoms with Crippen LogP contribution in [0.3, 0.4) is 0 Å². The average molecular weight is 239 g/mol. The van der Waals surface area contributed by atoms with Crippen molar-refractivity contribution in [2.45, 2.75) is 6.18 Å². The zero-order chi connectivity index (χ0) is 12.3. The number of ether oxygens (including phenoxy) is 1. The first-order chi connectivity index (χ1) is 7.28. The maximum absolute atomic E-state index is 12.7. The minimum Gasteiger partial charge on any atom is -0.484 e. The van der Waals surface area contributed by atoms with Gasteiger partial charge in [-0.2, -0.15) is 13.2 Å². The molecular weight excluding hydrogens is 234 g/mol. The van der Waals surface area contributed by atoms with Gasteiger partial charge in [-0.25, -0.2) is 4.39 Å². The molecule has 0 saturated carbocycles. The largest absolute Gasteiger partial charge is 0.484 e. The van der Waals surface area contributed by atoms with Crippen LogP contribution in [0.5, 0.6) is 5.75 Å². The van der Waals surface area contributed by atoms with E-state index in [0.717, 1.165) is 6.07 Å². The van der Waals surface area contributed by atoms with Crippen LogP contribution >= 0.6 is 0 Å². The Morgan fingerprint density at radius 2 is 1.94 bits per heavy atom. The summed E-state index contributed by atoms with van der Waals surface area (Å²) >= 11 is 0. The highest BCUT2D eigenvalue weighted by Gasteiger charge is 2.28. The van der Waals surface area contributed by atoms with Crippen molar-refractivity contribution in [1.29, 1.82) is 0 Å². The highest BCUT2D eigenvalue weighted by molar-refractivity contribution is 5.38. The van der Waals surface area contributed by atoms with Gasteiger partial charge in [-0.1, -0.05) is 0 Å². The number of nitro benzene ring substituents is 1. The first-order valence-corrected chi connectivity index (χ1v) is 3.92. The zero-order valence-electron chi connectivity index (χ0n) is 7.62. The first kappa shape index (κ1) is 12.2. The van der Waals surface area contributed by atoms with E-state index in [0.29, 0.717) is 12.1 Å². The third kappa shape index (κ3) is 3.71. The molecule has 0 amide bonds. The normalized spacial score (nSPS) is 11.2. The van der Waals surface area contributed by atoms with E-state index in [1.165, 1.54) is 0 Å². The maximum Gasteiger partial charge on any atom is 0.422 e. The van der Waals surface area contributed by atoms with Gasteiger partial charge >= 0.3 is 6.18 Å². The van der Waals surface area contributed by atoms with E-state index in [-0.39, 0.29) is 0 Å². The van der Waals surface area contributed by atoms with Gasteiger partial charge in [-0.3, -0.25) is 10.1 Å². The maximum atomic E-state index is 12.7. The molecule has 0 bridgehead atoms. The second kappa shape index (κ2) is 4.33. The number of nitro groups is 1. The van der Waals surface area contributed by atoms with Crippen molar-refractivity contribution in [2.24, 2.45) is 0 Å². The molecular formula is C8H5F4NO3. The summed E-state index contributed by atoms with van der Waals surface area (Å²) in [6.07, 6.45) is -4.58. The summed E-state index contributed by atoms with van der Waals surface area (Å²) < 4.78 is 52.2. The molecule has 0 aromatic heterocycles. The topological polar surface area (TPSA) is 52.4 Å². The summed E-state index contributed by atoms with van der Waals surface area (Å²) in [7, 11) is 0. The number of rotatable bonds is 3. The van der Waals surface area contributed by atoms with Crippen molar-refractivity contribution in [1.82, 2.24) is 0 Å². The Balaban J connectivity index is 2.85. The molecule has 0 aliphatic rings. The van der Waals surface area contributed by atoms with E-state index in [1.807, 2.05) is 0 Å². The predicted molar refractivity (Wildman–Crippen MR) is 44.6 cm³/mol. The Bertz CT molecular complexity index is 405. The number of benzene rings is 1. The quantitative estimate of drug-likeness (QED) is 0.463. The molecule has 16 heavy (non-hydrogen) atoms. The lowest BCUT2D eigenvalue weighted by Gasteiger charge is -2.08. The van der Waals surface area contributed by atoms with Crippen LogP contribution in [0.1, 0.15) is 0 Å². The second-order valence-electron chi connectivity index (χ2n) is 2.81. The van der Waals surface area contributed by atoms with Gasteiger partial charge in [-0.15, -0.1) is 0 Å². The van der Waals surface area contributed by atoms with Crippen molar-refractivity contribution in [3.63, 3.8) is 0 Å². The summed E-state index contributed by atoms with van der Waals surface area (Å²) in [6, 6.07) is 1.94. The SMILES string of the molecule is O=[N+]([O-])c1cc(F)cc(OCC(F)(F)F)c1. The minimum absolute atomic E-state index is 0.538. The average Bonchev–Trinajstić information content (AvgIpc) is 2.13. The molecule has 88 valence electrons. The van der Waals surface area contributed by atoms with E-state index >= 15 is 0 Å². The number of hydrogen-bond acceptors (Lipinski definition) is 3. The lowest BCUT2D eigenvalue weighted by Crippen LogP contribution is -2.19. The van der Waals surface area contributed by atoms with Gasteiger partial charge in [0.15, 0.2) is 6.61 Å². The van der Waals surface area contributed by atoms with Gasteiger partial charge in [0.2, 0.25) is 0 Å². The molecule has 0 radical (unpaired) electrons. The van der Waals surface area contributed by atoms with Crippen LogP contribution in [0.25, 0.3) is 0 Å². The molecule has 0 atom stereocenters. The minimum atomic E-state index is -4.58. The molecule has 0 fully saturated rings. The summed E-state index contributed by atoms with van der Waals surface area (Å²) in [6.45, 7) is -1.63. The lowest BCUT2D eigenvalue weighted by molar-refractivity contribution is -0.385. The van der Waals surface area contributed by atoms with Crippen LogP contribution in [0.2, 0.25) is 0 Å². The Labute approximate surface area is 86.6 Å². The number of alkyl halides is 3. The molecule has 0 unspecified atom stereocenters. The molecule has 8 heteroatoms. The van der Waals surface area contributed by atoms with Crippen molar-refractivity contribution >= 4 is 5.69 Å². The molecule has 0 spiro atoms. The molecule has 1 aromatic rings. The Kier molecular flexibility index (Phi) is 3.31. The summed E-state index contributed by atoms with van der Waals surface area (Å²) in [4.78, 5) is 9.34. The van der Waals surface area contributed by atoms with Crippen molar-refractivity contribution in [2.75, 3.05) is 6.61 Å². The molecule has 4 nitrogen and oxygen atoms in total. The summed E-state index contributed by atoms with van der Waals surface area (Å²) in [5, 5.41) is 10.3. The monoisotopic (exact) mass is 239 g/mol. The van der Waals surface area contributed by atoms with Crippen LogP contribution in [-0.4, -0.2) is 17.7 Å². The van der Waals surface area contributed by atoms with Crippen molar-refractivity contribution in [3.05, 3.63) is 34.1 Å². The smallest absolute Gasteiger partial charge is 0.422 e. The zero-order valence-corrected chi connectivity index (χ0v) is 7.62. The molecule has 0 N–H and O–H groups in total. The Morgan fingerprint density at radius 3 is 2.44 bits per heavy atom. The highest BCUT2D eigenvalue weighted by atomic mass is 19.4. The molecule has 0 heterocycles. The second-order valence-corrected chi connectivity index (χ2v) is 2.81. The van der Waals surface area contributed by atoms with Gasteiger partial charge in [0, 0.05) is 6.07 Å². The molecule has 0 aliphatic carbocycles. The van der Waals surface area contributed by atoms with Crippen LogP contribution < -0.4 is 4.74 Å². The molecule has 0 aliphatic heterocycles. The number of non-ortho nitro benzene ring substituents is 1. The fourth-order valence-corrected chi connectivity index (χ4v) is 0.902. The fraction of sp³-hybridized carbons (Fsp3) is 0.250. The van der Waals surface area contributed by atoms with Crippen molar-refractivity contribution in [3.8, 4) is 5.75 Å². The summed E-state index contributed by atoms with van der Waals surface area (Å²) in [5.74, 6) is -1.57. The third-order valence-electron chi connectivity index (χ3n) is 1.47. The van der Waals surface area contributed by atoms with Crippen LogP contribution in [0.4, 0.5) is 23.2 Å². The highest BCUT2D eigenvalue weighted by Crippen LogP contribution is 2.24. The van der Waals surface area contributed by atoms with E-state index in [4.69, 9.17) is 0 Å². The van der Waals surface area contributed by atoms with Gasteiger partial charge < -0.3 is 4.74 Å². The Hall–Kier alpha value is -1.86. The van der Waals surface area contributed by atoms with Gasteiger partial charge in [-0.05, 0) is 0 Å². The van der Waals surface area contributed by atoms with Gasteiger partial charge in [0.05, 0.1) is 17.1 Å². The van der Waals surface area contributed by atoms with E-state index in [9.17, 15) is 27.7 Å². The van der Waals surface area contributed by atoms with E-state index in [2.05, 4.69) is 4.74 Å². The number of hydrogen-bond donors (Lipinski definition) is 0.